The van der Waals surface area contributed by atoms with Gasteiger partial charge in [0.15, 0.2) is 5.82 Å². The number of nitrogens with zero attached hydrogens (tertiary/aromatic N) is 2. The maximum atomic E-state index is 4.59. The lowest BCUT2D eigenvalue weighted by Gasteiger charge is -1.97. The van der Waals surface area contributed by atoms with E-state index >= 15 is 0 Å². The fraction of sp³-hybridized carbons (Fsp3) is 0.200. The summed E-state index contributed by atoms with van der Waals surface area (Å²) in [5, 5.41) is 0. The van der Waals surface area contributed by atoms with E-state index in [9.17, 15) is 0 Å². The van der Waals surface area contributed by atoms with Gasteiger partial charge in [0.2, 0.25) is 0 Å². The molecule has 0 radical (unpaired) electrons. The Bertz CT molecular complexity index is 165. The summed E-state index contributed by atoms with van der Waals surface area (Å²) in [6, 6.07) is 1.71. The van der Waals surface area contributed by atoms with Crippen LogP contribution in [-0.4, -0.2) is 17.1 Å². The second kappa shape index (κ2) is 2.99. The molecule has 0 spiro atoms. The Labute approximate surface area is 52.9 Å². The molecule has 48 valence electrons. The van der Waals surface area contributed by atoms with Gasteiger partial charge in [-0.25, -0.2) is 15.4 Å². The van der Waals surface area contributed by atoms with Crippen LogP contribution < -0.4 is 5.48 Å². The molecule has 0 saturated heterocycles. The summed E-state index contributed by atoms with van der Waals surface area (Å²) in [6.07, 6.45) is 3.08. The zero-order valence-corrected chi connectivity index (χ0v) is 5.03. The molecular weight excluding hydrogens is 118 g/mol. The molecule has 1 rings (SSSR count). The molecule has 0 aliphatic rings. The Morgan fingerprint density at radius 1 is 1.67 bits per heavy atom. The first-order valence-corrected chi connectivity index (χ1v) is 2.48. The molecule has 4 nitrogen and oxygen atoms in total. The van der Waals surface area contributed by atoms with Crippen molar-refractivity contribution in [1.29, 1.82) is 0 Å². The third kappa shape index (κ3) is 1.65. The predicted molar refractivity (Wildman–Crippen MR) is 32.7 cm³/mol. The molecule has 1 heterocycles. The van der Waals surface area contributed by atoms with Crippen LogP contribution in [0.5, 0.6) is 0 Å². The van der Waals surface area contributed by atoms with Gasteiger partial charge in [0.25, 0.3) is 0 Å². The first-order chi connectivity index (χ1) is 4.43. The van der Waals surface area contributed by atoms with Gasteiger partial charge in [-0.2, -0.15) is 0 Å². The van der Waals surface area contributed by atoms with Gasteiger partial charge in [0, 0.05) is 12.3 Å². The van der Waals surface area contributed by atoms with Crippen LogP contribution in [0.3, 0.4) is 0 Å². The van der Waals surface area contributed by atoms with Crippen LogP contribution in [0.1, 0.15) is 0 Å². The molecule has 1 aromatic rings. The van der Waals surface area contributed by atoms with Crippen LogP contribution in [-0.2, 0) is 4.84 Å². The lowest BCUT2D eigenvalue weighted by Crippen LogP contribution is -1.97. The van der Waals surface area contributed by atoms with Crippen molar-refractivity contribution >= 4 is 5.82 Å². The lowest BCUT2D eigenvalue weighted by molar-refractivity contribution is 0.269. The van der Waals surface area contributed by atoms with Crippen molar-refractivity contribution in [3.05, 3.63) is 18.6 Å². The van der Waals surface area contributed by atoms with E-state index in [2.05, 4.69) is 20.3 Å². The minimum Gasteiger partial charge on any atom is -0.278 e. The number of anilines is 1. The second-order valence-electron chi connectivity index (χ2n) is 1.40. The van der Waals surface area contributed by atoms with Crippen LogP contribution in [0.15, 0.2) is 18.6 Å². The Morgan fingerprint density at radius 2 is 2.56 bits per heavy atom. The van der Waals surface area contributed by atoms with E-state index in [0.29, 0.717) is 5.82 Å². The third-order valence-electron chi connectivity index (χ3n) is 0.789. The lowest BCUT2D eigenvalue weighted by atomic mass is 10.6. The van der Waals surface area contributed by atoms with Crippen molar-refractivity contribution in [3.8, 4) is 0 Å². The average molecular weight is 125 g/mol. The van der Waals surface area contributed by atoms with Crippen molar-refractivity contribution in [3.63, 3.8) is 0 Å². The molecule has 0 amide bonds. The molecule has 0 fully saturated rings. The van der Waals surface area contributed by atoms with Gasteiger partial charge in [-0.15, -0.1) is 0 Å². The number of hydrogen-bond donors (Lipinski definition) is 1. The Morgan fingerprint density at radius 3 is 3.11 bits per heavy atom. The summed E-state index contributed by atoms with van der Waals surface area (Å²) in [5.41, 5.74) is 2.56. The largest absolute Gasteiger partial charge is 0.278 e. The van der Waals surface area contributed by atoms with Crippen LogP contribution in [0.4, 0.5) is 5.82 Å². The minimum atomic E-state index is 0.660. The van der Waals surface area contributed by atoms with E-state index < -0.39 is 0 Å². The van der Waals surface area contributed by atoms with E-state index in [1.165, 1.54) is 13.4 Å². The number of nitrogens with one attached hydrogen (secondary N) is 1. The highest BCUT2D eigenvalue weighted by Gasteiger charge is 1.84. The van der Waals surface area contributed by atoms with Gasteiger partial charge in [0.05, 0.1) is 7.11 Å². The summed E-state index contributed by atoms with van der Waals surface area (Å²) in [6.45, 7) is 0. The molecule has 0 aromatic carbocycles. The van der Waals surface area contributed by atoms with E-state index in [1.54, 1.807) is 12.3 Å². The predicted octanol–water partition coefficient (Wildman–Crippen LogP) is 0.450. The quantitative estimate of drug-likeness (QED) is 0.583. The number of rotatable bonds is 2. The molecule has 0 atom stereocenters. The zero-order chi connectivity index (χ0) is 6.53. The molecule has 0 aliphatic heterocycles. The standard InChI is InChI=1S/C5H7N3O/c1-9-8-5-2-3-6-4-7-5/h2-4H,1H3,(H,6,7,8). The van der Waals surface area contributed by atoms with E-state index in [1.807, 2.05) is 0 Å². The molecule has 0 aliphatic carbocycles. The molecule has 9 heavy (non-hydrogen) atoms. The van der Waals surface area contributed by atoms with Gasteiger partial charge >= 0.3 is 0 Å². The summed E-state index contributed by atoms with van der Waals surface area (Å²) < 4.78 is 0. The monoisotopic (exact) mass is 125 g/mol. The van der Waals surface area contributed by atoms with Crippen LogP contribution in [0, 0.1) is 0 Å². The van der Waals surface area contributed by atoms with Crippen molar-refractivity contribution in [2.45, 2.75) is 0 Å². The normalized spacial score (nSPS) is 9.00. The molecule has 0 unspecified atom stereocenters. The fourth-order valence-electron chi connectivity index (χ4n) is 0.456. The first kappa shape index (κ1) is 5.97. The molecule has 0 bridgehead atoms. The topological polar surface area (TPSA) is 47.0 Å². The van der Waals surface area contributed by atoms with Crippen molar-refractivity contribution < 1.29 is 4.84 Å². The number of hydrogen-bond acceptors (Lipinski definition) is 4. The smallest absolute Gasteiger partial charge is 0.153 e. The number of aromatic nitrogens is 2. The van der Waals surface area contributed by atoms with Crippen LogP contribution in [0.2, 0.25) is 0 Å². The van der Waals surface area contributed by atoms with Crippen LogP contribution in [0.25, 0.3) is 0 Å². The highest BCUT2D eigenvalue weighted by atomic mass is 16.6. The highest BCUT2D eigenvalue weighted by Crippen LogP contribution is 1.95. The summed E-state index contributed by atoms with van der Waals surface area (Å²) in [7, 11) is 1.53. The molecule has 1 N–H and O–H groups in total. The van der Waals surface area contributed by atoms with Crippen molar-refractivity contribution in [2.24, 2.45) is 0 Å². The van der Waals surface area contributed by atoms with Crippen molar-refractivity contribution in [2.75, 3.05) is 12.6 Å². The molecule has 0 saturated carbocycles. The van der Waals surface area contributed by atoms with Crippen molar-refractivity contribution in [1.82, 2.24) is 9.97 Å². The SMILES string of the molecule is CONc1ccncn1. The van der Waals surface area contributed by atoms with Gasteiger partial charge < -0.3 is 0 Å². The fourth-order valence-corrected chi connectivity index (χ4v) is 0.456. The van der Waals surface area contributed by atoms with Gasteiger partial charge in [-0.3, -0.25) is 4.84 Å². The Hall–Kier alpha value is -1.16. The average Bonchev–Trinajstić information content (AvgIpc) is 1.91. The van der Waals surface area contributed by atoms with E-state index in [4.69, 9.17) is 0 Å². The van der Waals surface area contributed by atoms with Gasteiger partial charge in [0.1, 0.15) is 6.33 Å². The molecular formula is C5H7N3O. The summed E-state index contributed by atoms with van der Waals surface area (Å²) >= 11 is 0. The first-order valence-electron chi connectivity index (χ1n) is 2.48. The Balaban J connectivity index is 2.61. The summed E-state index contributed by atoms with van der Waals surface area (Å²) in [5.74, 6) is 0.660. The van der Waals surface area contributed by atoms with E-state index in [-0.39, 0.29) is 0 Å². The highest BCUT2D eigenvalue weighted by molar-refractivity contribution is 5.27. The van der Waals surface area contributed by atoms with Gasteiger partial charge in [-0.05, 0) is 0 Å². The Kier molecular flexibility index (Phi) is 1.98. The maximum Gasteiger partial charge on any atom is 0.153 e. The maximum absolute atomic E-state index is 4.59. The molecule has 4 heteroatoms. The molecule has 1 aromatic heterocycles. The van der Waals surface area contributed by atoms with Crippen LogP contribution >= 0.6 is 0 Å². The minimum absolute atomic E-state index is 0.660. The summed E-state index contributed by atoms with van der Waals surface area (Å²) in [4.78, 5) is 12.1. The third-order valence-corrected chi connectivity index (χ3v) is 0.789. The van der Waals surface area contributed by atoms with E-state index in [0.717, 1.165) is 0 Å². The zero-order valence-electron chi connectivity index (χ0n) is 5.03. The van der Waals surface area contributed by atoms with Gasteiger partial charge in [-0.1, -0.05) is 0 Å². The second-order valence-corrected chi connectivity index (χ2v) is 1.40.